The molecule has 0 aromatic heterocycles. The van der Waals surface area contributed by atoms with E-state index in [9.17, 15) is 4.79 Å². The van der Waals surface area contributed by atoms with E-state index < -0.39 is 0 Å². The van der Waals surface area contributed by atoms with Crippen molar-refractivity contribution in [3.63, 3.8) is 0 Å². The van der Waals surface area contributed by atoms with Crippen LogP contribution in [-0.2, 0) is 17.9 Å². The fourth-order valence-electron chi connectivity index (χ4n) is 2.44. The zero-order valence-corrected chi connectivity index (χ0v) is 13.6. The van der Waals surface area contributed by atoms with Gasteiger partial charge in [0, 0.05) is 13.1 Å². The molecule has 0 spiro atoms. The van der Waals surface area contributed by atoms with Gasteiger partial charge in [-0.1, -0.05) is 48.5 Å². The minimum atomic E-state index is 0.0549. The van der Waals surface area contributed by atoms with Crippen molar-refractivity contribution in [2.75, 3.05) is 13.6 Å². The second-order valence-electron chi connectivity index (χ2n) is 5.80. The maximum atomic E-state index is 12.1. The molecule has 1 amide bonds. The largest absolute Gasteiger partial charge is 0.351 e. The van der Waals surface area contributed by atoms with Gasteiger partial charge in [0.25, 0.3) is 0 Å². The lowest BCUT2D eigenvalue weighted by Gasteiger charge is -2.18. The molecular weight excluding hydrogens is 272 g/mol. The van der Waals surface area contributed by atoms with E-state index >= 15 is 0 Å². The monoisotopic (exact) mass is 296 g/mol. The van der Waals surface area contributed by atoms with Crippen LogP contribution in [0.15, 0.2) is 48.5 Å². The van der Waals surface area contributed by atoms with Gasteiger partial charge in [0.2, 0.25) is 5.91 Å². The second-order valence-corrected chi connectivity index (χ2v) is 5.80. The van der Waals surface area contributed by atoms with Gasteiger partial charge in [-0.05, 0) is 43.1 Å². The first-order chi connectivity index (χ1) is 10.6. The molecule has 1 N–H and O–H groups in total. The minimum absolute atomic E-state index is 0.0549. The number of rotatable bonds is 6. The molecule has 0 unspecified atom stereocenters. The summed E-state index contributed by atoms with van der Waals surface area (Å²) in [6.45, 7) is 5.93. The van der Waals surface area contributed by atoms with Crippen molar-refractivity contribution in [3.05, 3.63) is 70.8 Å². The van der Waals surface area contributed by atoms with Crippen LogP contribution >= 0.6 is 0 Å². The van der Waals surface area contributed by atoms with E-state index in [-0.39, 0.29) is 5.91 Å². The summed E-state index contributed by atoms with van der Waals surface area (Å²) in [6, 6.07) is 16.4. The second kappa shape index (κ2) is 7.76. The number of hydrogen-bond donors (Lipinski definition) is 1. The van der Waals surface area contributed by atoms with Crippen LogP contribution in [0.3, 0.4) is 0 Å². The highest BCUT2D eigenvalue weighted by Gasteiger charge is 2.08. The number of nitrogens with zero attached hydrogens (tertiary/aromatic N) is 1. The highest BCUT2D eigenvalue weighted by Crippen LogP contribution is 2.09. The first kappa shape index (κ1) is 16.2. The Morgan fingerprint density at radius 3 is 2.09 bits per heavy atom. The summed E-state index contributed by atoms with van der Waals surface area (Å²) < 4.78 is 0. The van der Waals surface area contributed by atoms with Gasteiger partial charge in [-0.25, -0.2) is 0 Å². The first-order valence-corrected chi connectivity index (χ1v) is 7.60. The third-order valence-electron chi connectivity index (χ3n) is 3.85. The van der Waals surface area contributed by atoms with Crippen molar-refractivity contribution in [3.8, 4) is 0 Å². The highest BCUT2D eigenvalue weighted by atomic mass is 16.2. The molecular formula is C19H24N2O. The zero-order valence-electron chi connectivity index (χ0n) is 13.6. The Bertz CT molecular complexity index is 637. The lowest BCUT2D eigenvalue weighted by atomic mass is 10.1. The van der Waals surface area contributed by atoms with E-state index in [0.29, 0.717) is 13.1 Å². The molecule has 3 nitrogen and oxygen atoms in total. The number of hydrogen-bond acceptors (Lipinski definition) is 2. The number of carbonyl (C=O) groups excluding carboxylic acids is 1. The molecule has 2 aromatic carbocycles. The SMILES string of the molecule is Cc1ccccc1CNC(=O)CN(C)Cc1ccccc1C. The Balaban J connectivity index is 1.82. The van der Waals surface area contributed by atoms with E-state index in [1.807, 2.05) is 42.3 Å². The van der Waals surface area contributed by atoms with Crippen molar-refractivity contribution < 1.29 is 4.79 Å². The smallest absolute Gasteiger partial charge is 0.234 e. The number of likely N-dealkylation sites (N-methyl/N-ethyl adjacent to an activating group) is 1. The number of aryl methyl sites for hydroxylation is 2. The maximum absolute atomic E-state index is 12.1. The van der Waals surface area contributed by atoms with E-state index in [1.54, 1.807) is 0 Å². The minimum Gasteiger partial charge on any atom is -0.351 e. The van der Waals surface area contributed by atoms with Crippen LogP contribution in [0, 0.1) is 13.8 Å². The van der Waals surface area contributed by atoms with Crippen LogP contribution in [0.4, 0.5) is 0 Å². The third kappa shape index (κ3) is 4.71. The van der Waals surface area contributed by atoms with Gasteiger partial charge in [-0.15, -0.1) is 0 Å². The van der Waals surface area contributed by atoms with Crippen molar-refractivity contribution in [2.45, 2.75) is 26.9 Å². The molecule has 0 aliphatic carbocycles. The standard InChI is InChI=1S/C19H24N2O/c1-15-8-4-6-10-17(15)12-20-19(22)14-21(3)13-18-11-7-5-9-16(18)2/h4-11H,12-14H2,1-3H3,(H,20,22). The molecule has 0 radical (unpaired) electrons. The van der Waals surface area contributed by atoms with E-state index in [4.69, 9.17) is 0 Å². The molecule has 0 aliphatic heterocycles. The van der Waals surface area contributed by atoms with Crippen molar-refractivity contribution in [1.82, 2.24) is 10.2 Å². The van der Waals surface area contributed by atoms with Crippen molar-refractivity contribution >= 4 is 5.91 Å². The van der Waals surface area contributed by atoms with E-state index in [2.05, 4.69) is 37.4 Å². The quantitative estimate of drug-likeness (QED) is 0.888. The summed E-state index contributed by atoms with van der Waals surface area (Å²) in [6.07, 6.45) is 0. The molecule has 2 rings (SSSR count). The van der Waals surface area contributed by atoms with Crippen LogP contribution < -0.4 is 5.32 Å². The molecule has 22 heavy (non-hydrogen) atoms. The van der Waals surface area contributed by atoms with Gasteiger partial charge in [-0.2, -0.15) is 0 Å². The number of benzene rings is 2. The number of nitrogens with one attached hydrogen (secondary N) is 1. The lowest BCUT2D eigenvalue weighted by Crippen LogP contribution is -2.34. The molecule has 116 valence electrons. The topological polar surface area (TPSA) is 32.3 Å². The fraction of sp³-hybridized carbons (Fsp3) is 0.316. The highest BCUT2D eigenvalue weighted by molar-refractivity contribution is 5.78. The van der Waals surface area contributed by atoms with Gasteiger partial charge in [0.15, 0.2) is 0 Å². The summed E-state index contributed by atoms with van der Waals surface area (Å²) in [5.41, 5.74) is 4.89. The molecule has 0 aliphatic rings. The summed E-state index contributed by atoms with van der Waals surface area (Å²) in [4.78, 5) is 14.1. The number of carbonyl (C=O) groups is 1. The molecule has 0 fully saturated rings. The van der Waals surface area contributed by atoms with Gasteiger partial charge in [-0.3, -0.25) is 9.69 Å². The van der Waals surface area contributed by atoms with Gasteiger partial charge < -0.3 is 5.32 Å². The molecule has 3 heteroatoms. The lowest BCUT2D eigenvalue weighted by molar-refractivity contribution is -0.122. The Morgan fingerprint density at radius 1 is 0.955 bits per heavy atom. The predicted molar refractivity (Wildman–Crippen MR) is 90.5 cm³/mol. The van der Waals surface area contributed by atoms with Gasteiger partial charge in [0.05, 0.1) is 6.54 Å². The Kier molecular flexibility index (Phi) is 5.73. The van der Waals surface area contributed by atoms with E-state index in [1.165, 1.54) is 16.7 Å². The third-order valence-corrected chi connectivity index (χ3v) is 3.85. The van der Waals surface area contributed by atoms with Crippen LogP contribution in [0.2, 0.25) is 0 Å². The Hall–Kier alpha value is -2.13. The summed E-state index contributed by atoms with van der Waals surface area (Å²) in [7, 11) is 1.97. The average molecular weight is 296 g/mol. The molecule has 0 saturated carbocycles. The normalized spacial score (nSPS) is 10.7. The average Bonchev–Trinajstić information content (AvgIpc) is 2.49. The van der Waals surface area contributed by atoms with Crippen molar-refractivity contribution in [1.29, 1.82) is 0 Å². The number of amides is 1. The molecule has 2 aromatic rings. The Labute approximate surface area is 133 Å². The van der Waals surface area contributed by atoms with Gasteiger partial charge in [0.1, 0.15) is 0 Å². The Morgan fingerprint density at radius 2 is 1.50 bits per heavy atom. The fourth-order valence-corrected chi connectivity index (χ4v) is 2.44. The molecule has 0 saturated heterocycles. The van der Waals surface area contributed by atoms with Crippen molar-refractivity contribution in [2.24, 2.45) is 0 Å². The first-order valence-electron chi connectivity index (χ1n) is 7.60. The zero-order chi connectivity index (χ0) is 15.9. The van der Waals surface area contributed by atoms with Crippen LogP contribution in [-0.4, -0.2) is 24.4 Å². The van der Waals surface area contributed by atoms with Crippen LogP contribution in [0.5, 0.6) is 0 Å². The summed E-state index contributed by atoms with van der Waals surface area (Å²) in [5, 5.41) is 2.99. The molecule has 0 atom stereocenters. The molecule has 0 bridgehead atoms. The van der Waals surface area contributed by atoms with Crippen LogP contribution in [0.25, 0.3) is 0 Å². The maximum Gasteiger partial charge on any atom is 0.234 e. The summed E-state index contributed by atoms with van der Waals surface area (Å²) >= 11 is 0. The summed E-state index contributed by atoms with van der Waals surface area (Å²) in [5.74, 6) is 0.0549. The predicted octanol–water partition coefficient (Wildman–Crippen LogP) is 3.05. The van der Waals surface area contributed by atoms with Gasteiger partial charge >= 0.3 is 0 Å². The van der Waals surface area contributed by atoms with Crippen LogP contribution in [0.1, 0.15) is 22.3 Å². The molecule has 0 heterocycles. The van der Waals surface area contributed by atoms with E-state index in [0.717, 1.165) is 12.1 Å².